The zero-order chi connectivity index (χ0) is 13.5. The van der Waals surface area contributed by atoms with E-state index in [-0.39, 0.29) is 0 Å². The third-order valence-corrected chi connectivity index (χ3v) is 2.74. The summed E-state index contributed by atoms with van der Waals surface area (Å²) >= 11 is 0. The lowest BCUT2D eigenvalue weighted by Crippen LogP contribution is -2.13. The van der Waals surface area contributed by atoms with Crippen LogP contribution in [0.3, 0.4) is 0 Å². The quantitative estimate of drug-likeness (QED) is 0.777. The summed E-state index contributed by atoms with van der Waals surface area (Å²) < 4.78 is 10.7. The van der Waals surface area contributed by atoms with Gasteiger partial charge >= 0.3 is 0 Å². The molecular weight excluding hydrogens is 240 g/mol. The van der Waals surface area contributed by atoms with Crippen molar-refractivity contribution in [2.75, 3.05) is 6.54 Å². The smallest absolute Gasteiger partial charge is 0.174 e. The van der Waals surface area contributed by atoms with Gasteiger partial charge in [0.1, 0.15) is 12.4 Å². The highest BCUT2D eigenvalue weighted by Crippen LogP contribution is 2.14. The van der Waals surface area contributed by atoms with E-state index in [1.807, 2.05) is 25.1 Å². The Morgan fingerprint density at radius 3 is 2.68 bits per heavy atom. The van der Waals surface area contributed by atoms with Gasteiger partial charge in [-0.15, -0.1) is 0 Å². The van der Waals surface area contributed by atoms with E-state index >= 15 is 0 Å². The highest BCUT2D eigenvalue weighted by molar-refractivity contribution is 5.27. The molecule has 19 heavy (non-hydrogen) atoms. The van der Waals surface area contributed by atoms with Gasteiger partial charge in [0.15, 0.2) is 5.76 Å². The molecule has 4 heteroatoms. The van der Waals surface area contributed by atoms with E-state index in [1.165, 1.54) is 5.56 Å². The minimum Gasteiger partial charge on any atom is -0.486 e. The standard InChI is InChI=1S/C15H20N2O2/c1-3-8-16-10-13-4-6-14(7-5-13)18-11-15-9-12(2)17-19-15/h4-7,9,16H,3,8,10-11H2,1-2H3. The van der Waals surface area contributed by atoms with Crippen molar-refractivity contribution >= 4 is 0 Å². The number of aryl methyl sites for hydroxylation is 1. The second-order valence-electron chi connectivity index (χ2n) is 4.54. The number of hydrogen-bond acceptors (Lipinski definition) is 4. The number of benzene rings is 1. The zero-order valence-electron chi connectivity index (χ0n) is 11.5. The van der Waals surface area contributed by atoms with Gasteiger partial charge in [-0.25, -0.2) is 0 Å². The van der Waals surface area contributed by atoms with Gasteiger partial charge in [0.05, 0.1) is 5.69 Å². The van der Waals surface area contributed by atoms with Crippen LogP contribution in [0, 0.1) is 6.92 Å². The van der Waals surface area contributed by atoms with Crippen LogP contribution >= 0.6 is 0 Å². The molecule has 2 aromatic rings. The van der Waals surface area contributed by atoms with Crippen molar-refractivity contribution in [3.63, 3.8) is 0 Å². The van der Waals surface area contributed by atoms with E-state index in [4.69, 9.17) is 9.26 Å². The molecule has 0 saturated carbocycles. The molecule has 0 amide bonds. The minimum atomic E-state index is 0.411. The largest absolute Gasteiger partial charge is 0.486 e. The lowest BCUT2D eigenvalue weighted by atomic mass is 10.2. The van der Waals surface area contributed by atoms with Crippen LogP contribution < -0.4 is 10.1 Å². The average Bonchev–Trinajstić information content (AvgIpc) is 2.84. The van der Waals surface area contributed by atoms with Crippen molar-refractivity contribution in [1.82, 2.24) is 10.5 Å². The van der Waals surface area contributed by atoms with E-state index in [1.54, 1.807) is 0 Å². The van der Waals surface area contributed by atoms with E-state index in [0.29, 0.717) is 6.61 Å². The van der Waals surface area contributed by atoms with Crippen LogP contribution in [-0.4, -0.2) is 11.7 Å². The SMILES string of the molecule is CCCNCc1ccc(OCc2cc(C)no2)cc1. The zero-order valence-corrected chi connectivity index (χ0v) is 11.5. The number of ether oxygens (including phenoxy) is 1. The van der Waals surface area contributed by atoms with Crippen LogP contribution in [0.5, 0.6) is 5.75 Å². The number of aromatic nitrogens is 1. The maximum absolute atomic E-state index is 5.63. The summed E-state index contributed by atoms with van der Waals surface area (Å²) in [7, 11) is 0. The molecular formula is C15H20N2O2. The van der Waals surface area contributed by atoms with Crippen molar-refractivity contribution in [3.8, 4) is 5.75 Å². The molecule has 2 rings (SSSR count). The molecule has 0 radical (unpaired) electrons. The highest BCUT2D eigenvalue weighted by atomic mass is 16.5. The summed E-state index contributed by atoms with van der Waals surface area (Å²) in [4.78, 5) is 0. The first kappa shape index (κ1) is 13.6. The van der Waals surface area contributed by atoms with Crippen LogP contribution in [0.25, 0.3) is 0 Å². The Morgan fingerprint density at radius 2 is 2.05 bits per heavy atom. The lowest BCUT2D eigenvalue weighted by molar-refractivity contribution is 0.248. The van der Waals surface area contributed by atoms with Crippen LogP contribution in [0.4, 0.5) is 0 Å². The monoisotopic (exact) mass is 260 g/mol. The van der Waals surface area contributed by atoms with Crippen LogP contribution in [0.2, 0.25) is 0 Å². The first-order valence-corrected chi connectivity index (χ1v) is 6.62. The van der Waals surface area contributed by atoms with Crippen molar-refractivity contribution < 1.29 is 9.26 Å². The van der Waals surface area contributed by atoms with Crippen LogP contribution in [0.1, 0.15) is 30.4 Å². The molecule has 0 fully saturated rings. The van der Waals surface area contributed by atoms with Gasteiger partial charge in [-0.05, 0) is 37.6 Å². The Kier molecular flexibility index (Phi) is 4.98. The first-order valence-electron chi connectivity index (χ1n) is 6.62. The molecule has 102 valence electrons. The topological polar surface area (TPSA) is 47.3 Å². The first-order chi connectivity index (χ1) is 9.28. The van der Waals surface area contributed by atoms with E-state index < -0.39 is 0 Å². The number of nitrogens with zero attached hydrogens (tertiary/aromatic N) is 1. The van der Waals surface area contributed by atoms with Gasteiger partial charge in [-0.2, -0.15) is 0 Å². The molecule has 0 bridgehead atoms. The summed E-state index contributed by atoms with van der Waals surface area (Å²) in [5.74, 6) is 1.58. The molecule has 1 aromatic carbocycles. The summed E-state index contributed by atoms with van der Waals surface area (Å²) in [6.45, 7) is 6.41. The molecule has 0 aliphatic rings. The van der Waals surface area contributed by atoms with Crippen molar-refractivity contribution in [1.29, 1.82) is 0 Å². The molecule has 1 heterocycles. The maximum atomic E-state index is 5.63. The summed E-state index contributed by atoms with van der Waals surface area (Å²) in [6.07, 6.45) is 1.15. The number of rotatable bonds is 7. The Labute approximate surface area is 113 Å². The third kappa shape index (κ3) is 4.41. The van der Waals surface area contributed by atoms with Gasteiger partial charge < -0.3 is 14.6 Å². The van der Waals surface area contributed by atoms with E-state index in [0.717, 1.165) is 36.7 Å². The van der Waals surface area contributed by atoms with Gasteiger partial charge in [0.25, 0.3) is 0 Å². The minimum absolute atomic E-state index is 0.411. The van der Waals surface area contributed by atoms with Gasteiger partial charge in [-0.3, -0.25) is 0 Å². The Morgan fingerprint density at radius 1 is 1.26 bits per heavy atom. The van der Waals surface area contributed by atoms with Gasteiger partial charge in [0, 0.05) is 12.6 Å². The molecule has 0 aliphatic heterocycles. The summed E-state index contributed by atoms with van der Waals surface area (Å²) in [5, 5.41) is 7.19. The normalized spacial score (nSPS) is 10.6. The van der Waals surface area contributed by atoms with Gasteiger partial charge in [-0.1, -0.05) is 24.2 Å². The molecule has 0 spiro atoms. The Hall–Kier alpha value is -1.81. The fraction of sp³-hybridized carbons (Fsp3) is 0.400. The maximum Gasteiger partial charge on any atom is 0.174 e. The number of hydrogen-bond donors (Lipinski definition) is 1. The molecule has 0 aliphatic carbocycles. The van der Waals surface area contributed by atoms with Crippen molar-refractivity contribution in [2.45, 2.75) is 33.4 Å². The highest BCUT2D eigenvalue weighted by Gasteiger charge is 2.02. The number of nitrogens with one attached hydrogen (secondary N) is 1. The fourth-order valence-electron chi connectivity index (χ4n) is 1.75. The summed E-state index contributed by atoms with van der Waals surface area (Å²) in [5.41, 5.74) is 2.13. The Balaban J connectivity index is 1.81. The predicted octanol–water partition coefficient (Wildman–Crippen LogP) is 3.06. The third-order valence-electron chi connectivity index (χ3n) is 2.74. The van der Waals surface area contributed by atoms with E-state index in [2.05, 4.69) is 29.5 Å². The second-order valence-corrected chi connectivity index (χ2v) is 4.54. The average molecular weight is 260 g/mol. The molecule has 4 nitrogen and oxygen atoms in total. The van der Waals surface area contributed by atoms with E-state index in [9.17, 15) is 0 Å². The Bertz CT molecular complexity index is 491. The molecule has 1 N–H and O–H groups in total. The fourth-order valence-corrected chi connectivity index (χ4v) is 1.75. The van der Waals surface area contributed by atoms with Crippen molar-refractivity contribution in [3.05, 3.63) is 47.3 Å². The second kappa shape index (κ2) is 6.95. The molecule has 1 aromatic heterocycles. The molecule has 0 unspecified atom stereocenters. The van der Waals surface area contributed by atoms with Crippen molar-refractivity contribution in [2.24, 2.45) is 0 Å². The predicted molar refractivity (Wildman–Crippen MR) is 74.0 cm³/mol. The van der Waals surface area contributed by atoms with Gasteiger partial charge in [0.2, 0.25) is 0 Å². The van der Waals surface area contributed by atoms with Crippen LogP contribution in [-0.2, 0) is 13.2 Å². The van der Waals surface area contributed by atoms with Crippen LogP contribution in [0.15, 0.2) is 34.9 Å². The molecule has 0 saturated heterocycles. The molecule has 0 atom stereocenters. The lowest BCUT2D eigenvalue weighted by Gasteiger charge is -2.06. The summed E-state index contributed by atoms with van der Waals surface area (Å²) in [6, 6.07) is 9.98.